The van der Waals surface area contributed by atoms with Crippen LogP contribution in [0.4, 0.5) is 11.4 Å². The van der Waals surface area contributed by atoms with Crippen molar-refractivity contribution in [2.45, 2.75) is 6.92 Å². The SMILES string of the molecule is Cc1cc([N+](=O)[O-])ccc1NCC(=O)N(C)C. The first-order valence-electron chi connectivity index (χ1n) is 5.11. The molecule has 0 aliphatic heterocycles. The number of amides is 1. The van der Waals surface area contributed by atoms with E-state index < -0.39 is 4.92 Å². The van der Waals surface area contributed by atoms with Crippen LogP contribution in [0.1, 0.15) is 5.56 Å². The summed E-state index contributed by atoms with van der Waals surface area (Å²) in [4.78, 5) is 22.9. The van der Waals surface area contributed by atoms with E-state index in [1.54, 1.807) is 27.1 Å². The van der Waals surface area contributed by atoms with E-state index in [0.29, 0.717) is 0 Å². The third kappa shape index (κ3) is 3.44. The number of likely N-dealkylation sites (N-methyl/N-ethyl adjacent to an activating group) is 1. The predicted molar refractivity (Wildman–Crippen MR) is 65.0 cm³/mol. The topological polar surface area (TPSA) is 75.5 Å². The molecule has 1 aromatic rings. The van der Waals surface area contributed by atoms with Gasteiger partial charge in [-0.2, -0.15) is 0 Å². The van der Waals surface area contributed by atoms with Crippen molar-refractivity contribution in [3.05, 3.63) is 33.9 Å². The Balaban J connectivity index is 2.73. The van der Waals surface area contributed by atoms with Gasteiger partial charge in [0.25, 0.3) is 5.69 Å². The number of hydrogen-bond donors (Lipinski definition) is 1. The summed E-state index contributed by atoms with van der Waals surface area (Å²) in [6, 6.07) is 4.49. The van der Waals surface area contributed by atoms with Crippen molar-refractivity contribution in [1.29, 1.82) is 0 Å². The van der Waals surface area contributed by atoms with Gasteiger partial charge in [0.2, 0.25) is 5.91 Å². The zero-order valence-corrected chi connectivity index (χ0v) is 10.1. The molecule has 6 heteroatoms. The standard InChI is InChI=1S/C11H15N3O3/c1-8-6-9(14(16)17)4-5-10(8)12-7-11(15)13(2)3/h4-6,12H,7H2,1-3H3. The maximum absolute atomic E-state index is 11.4. The molecule has 0 unspecified atom stereocenters. The summed E-state index contributed by atoms with van der Waals surface area (Å²) in [7, 11) is 3.35. The van der Waals surface area contributed by atoms with Gasteiger partial charge in [-0.3, -0.25) is 14.9 Å². The first-order valence-corrected chi connectivity index (χ1v) is 5.11. The number of rotatable bonds is 4. The normalized spacial score (nSPS) is 9.82. The summed E-state index contributed by atoms with van der Waals surface area (Å²) in [5, 5.41) is 13.5. The number of non-ortho nitro benzene ring substituents is 1. The van der Waals surface area contributed by atoms with Crippen LogP contribution >= 0.6 is 0 Å². The summed E-state index contributed by atoms with van der Waals surface area (Å²) >= 11 is 0. The van der Waals surface area contributed by atoms with Crippen molar-refractivity contribution >= 4 is 17.3 Å². The van der Waals surface area contributed by atoms with Crippen molar-refractivity contribution < 1.29 is 9.72 Å². The molecule has 1 rings (SSSR count). The number of nitrogens with one attached hydrogen (secondary N) is 1. The molecule has 0 aliphatic carbocycles. The molecular weight excluding hydrogens is 222 g/mol. The molecule has 0 fully saturated rings. The van der Waals surface area contributed by atoms with E-state index in [-0.39, 0.29) is 18.1 Å². The Bertz CT molecular complexity index is 444. The number of nitro groups is 1. The molecule has 92 valence electrons. The molecule has 17 heavy (non-hydrogen) atoms. The largest absolute Gasteiger partial charge is 0.376 e. The first kappa shape index (κ1) is 13.0. The average molecular weight is 237 g/mol. The Morgan fingerprint density at radius 3 is 2.59 bits per heavy atom. The fraction of sp³-hybridized carbons (Fsp3) is 0.364. The van der Waals surface area contributed by atoms with E-state index in [2.05, 4.69) is 5.32 Å². The first-order chi connectivity index (χ1) is 7.91. The molecule has 0 radical (unpaired) electrons. The van der Waals surface area contributed by atoms with E-state index in [0.717, 1.165) is 11.3 Å². The van der Waals surface area contributed by atoms with Gasteiger partial charge in [0, 0.05) is 31.9 Å². The predicted octanol–water partition coefficient (Wildman–Crippen LogP) is 1.40. The summed E-state index contributed by atoms with van der Waals surface area (Å²) in [6.45, 7) is 1.93. The molecule has 0 saturated heterocycles. The van der Waals surface area contributed by atoms with Crippen LogP contribution in [-0.2, 0) is 4.79 Å². The van der Waals surface area contributed by atoms with E-state index in [1.807, 2.05) is 0 Å². The molecule has 0 atom stereocenters. The zero-order chi connectivity index (χ0) is 13.0. The number of nitro benzene ring substituents is 1. The zero-order valence-electron chi connectivity index (χ0n) is 10.1. The Morgan fingerprint density at radius 2 is 2.12 bits per heavy atom. The van der Waals surface area contributed by atoms with Gasteiger partial charge in [-0.05, 0) is 18.6 Å². The summed E-state index contributed by atoms with van der Waals surface area (Å²) in [5.74, 6) is -0.0530. The van der Waals surface area contributed by atoms with Crippen LogP contribution in [0.5, 0.6) is 0 Å². The lowest BCUT2D eigenvalue weighted by molar-refractivity contribution is -0.384. The minimum Gasteiger partial charge on any atom is -0.376 e. The van der Waals surface area contributed by atoms with Crippen molar-refractivity contribution in [3.8, 4) is 0 Å². The molecule has 0 saturated carbocycles. The van der Waals surface area contributed by atoms with Crippen molar-refractivity contribution in [3.63, 3.8) is 0 Å². The van der Waals surface area contributed by atoms with Crippen LogP contribution < -0.4 is 5.32 Å². The lowest BCUT2D eigenvalue weighted by Gasteiger charge is -2.13. The Kier molecular flexibility index (Phi) is 4.03. The van der Waals surface area contributed by atoms with Gasteiger partial charge >= 0.3 is 0 Å². The number of nitrogens with zero attached hydrogens (tertiary/aromatic N) is 2. The Hall–Kier alpha value is -2.11. The van der Waals surface area contributed by atoms with Crippen LogP contribution in [-0.4, -0.2) is 36.4 Å². The second-order valence-electron chi connectivity index (χ2n) is 3.90. The molecule has 0 heterocycles. The van der Waals surface area contributed by atoms with E-state index in [4.69, 9.17) is 0 Å². The average Bonchev–Trinajstić information content (AvgIpc) is 2.26. The van der Waals surface area contributed by atoms with Crippen LogP contribution in [0, 0.1) is 17.0 Å². The van der Waals surface area contributed by atoms with E-state index >= 15 is 0 Å². The third-order valence-corrected chi connectivity index (χ3v) is 2.35. The molecule has 0 bridgehead atoms. The highest BCUT2D eigenvalue weighted by atomic mass is 16.6. The number of aryl methyl sites for hydroxylation is 1. The fourth-order valence-electron chi connectivity index (χ4n) is 1.29. The molecule has 1 amide bonds. The highest BCUT2D eigenvalue weighted by molar-refractivity contribution is 5.80. The quantitative estimate of drug-likeness (QED) is 0.634. The van der Waals surface area contributed by atoms with Gasteiger partial charge in [0.05, 0.1) is 11.5 Å². The molecule has 6 nitrogen and oxygen atoms in total. The highest BCUT2D eigenvalue weighted by Gasteiger charge is 2.09. The highest BCUT2D eigenvalue weighted by Crippen LogP contribution is 2.20. The number of carbonyl (C=O) groups is 1. The van der Waals surface area contributed by atoms with Gasteiger partial charge < -0.3 is 10.2 Å². The fourth-order valence-corrected chi connectivity index (χ4v) is 1.29. The summed E-state index contributed by atoms with van der Waals surface area (Å²) < 4.78 is 0. The van der Waals surface area contributed by atoms with Crippen LogP contribution in [0.2, 0.25) is 0 Å². The van der Waals surface area contributed by atoms with Crippen LogP contribution in [0.15, 0.2) is 18.2 Å². The third-order valence-electron chi connectivity index (χ3n) is 2.35. The van der Waals surface area contributed by atoms with Crippen molar-refractivity contribution in [2.75, 3.05) is 26.0 Å². The van der Waals surface area contributed by atoms with Crippen LogP contribution in [0.25, 0.3) is 0 Å². The monoisotopic (exact) mass is 237 g/mol. The van der Waals surface area contributed by atoms with Crippen molar-refractivity contribution in [1.82, 2.24) is 4.90 Å². The molecule has 1 N–H and O–H groups in total. The lowest BCUT2D eigenvalue weighted by Crippen LogP contribution is -2.28. The summed E-state index contributed by atoms with van der Waals surface area (Å²) in [5.41, 5.74) is 1.52. The van der Waals surface area contributed by atoms with Gasteiger partial charge in [-0.15, -0.1) is 0 Å². The smallest absolute Gasteiger partial charge is 0.269 e. The van der Waals surface area contributed by atoms with Gasteiger partial charge in [0.1, 0.15) is 0 Å². The number of carbonyl (C=O) groups excluding carboxylic acids is 1. The number of hydrogen-bond acceptors (Lipinski definition) is 4. The molecule has 1 aromatic carbocycles. The van der Waals surface area contributed by atoms with E-state index in [9.17, 15) is 14.9 Å². The Labute approximate surface area is 99.4 Å². The lowest BCUT2D eigenvalue weighted by atomic mass is 10.2. The minimum absolute atomic E-state index is 0.0481. The van der Waals surface area contributed by atoms with Crippen molar-refractivity contribution in [2.24, 2.45) is 0 Å². The summed E-state index contributed by atoms with van der Waals surface area (Å²) in [6.07, 6.45) is 0. The van der Waals surface area contributed by atoms with Gasteiger partial charge in [-0.25, -0.2) is 0 Å². The molecule has 0 spiro atoms. The second kappa shape index (κ2) is 5.29. The minimum atomic E-state index is -0.443. The molecular formula is C11H15N3O3. The molecule has 0 aliphatic rings. The van der Waals surface area contributed by atoms with Gasteiger partial charge in [0.15, 0.2) is 0 Å². The van der Waals surface area contributed by atoms with Crippen LogP contribution in [0.3, 0.4) is 0 Å². The van der Waals surface area contributed by atoms with Gasteiger partial charge in [-0.1, -0.05) is 0 Å². The Morgan fingerprint density at radius 1 is 1.47 bits per heavy atom. The maximum atomic E-state index is 11.4. The second-order valence-corrected chi connectivity index (χ2v) is 3.90. The number of anilines is 1. The van der Waals surface area contributed by atoms with E-state index in [1.165, 1.54) is 17.0 Å². The molecule has 0 aromatic heterocycles. The maximum Gasteiger partial charge on any atom is 0.269 e. The number of benzene rings is 1.